The van der Waals surface area contributed by atoms with E-state index in [2.05, 4.69) is 25.3 Å². The van der Waals surface area contributed by atoms with E-state index >= 15 is 0 Å². The van der Waals surface area contributed by atoms with Crippen molar-refractivity contribution in [1.82, 2.24) is 25.3 Å². The minimum absolute atomic E-state index is 0.118. The number of benzene rings is 2. The van der Waals surface area contributed by atoms with Gasteiger partial charge in [0.15, 0.2) is 11.5 Å². The molecule has 0 aliphatic carbocycles. The van der Waals surface area contributed by atoms with E-state index in [9.17, 15) is 4.79 Å². The fraction of sp³-hybridized carbons (Fsp3) is 0.136. The number of hydrogen-bond donors (Lipinski definition) is 1. The highest BCUT2D eigenvalue weighted by Gasteiger charge is 2.11. The Morgan fingerprint density at radius 3 is 2.68 bits per heavy atom. The summed E-state index contributed by atoms with van der Waals surface area (Å²) in [5.74, 6) is 1.41. The van der Waals surface area contributed by atoms with Crippen molar-refractivity contribution in [3.63, 3.8) is 0 Å². The maximum absolute atomic E-state index is 12.3. The molecule has 0 saturated carbocycles. The van der Waals surface area contributed by atoms with Crippen molar-refractivity contribution in [2.75, 3.05) is 12.9 Å². The Balaban J connectivity index is 1.44. The molecule has 4 rings (SSSR count). The first-order valence-corrected chi connectivity index (χ1v) is 10.8. The van der Waals surface area contributed by atoms with E-state index in [-0.39, 0.29) is 11.7 Å². The number of aromatic nitrogens is 4. The highest BCUT2D eigenvalue weighted by molar-refractivity contribution is 8.00. The summed E-state index contributed by atoms with van der Waals surface area (Å²) >= 11 is 7.44. The smallest absolute Gasteiger partial charge is 0.230 e. The summed E-state index contributed by atoms with van der Waals surface area (Å²) in [6.45, 7) is 0.373. The zero-order valence-corrected chi connectivity index (χ0v) is 18.2. The third-order valence-corrected chi connectivity index (χ3v) is 5.85. The molecule has 0 fully saturated rings. The van der Waals surface area contributed by atoms with E-state index in [0.717, 1.165) is 16.9 Å². The van der Waals surface area contributed by atoms with E-state index in [0.29, 0.717) is 33.5 Å². The predicted octanol–water partition coefficient (Wildman–Crippen LogP) is 4.16. The first kappa shape index (κ1) is 21.0. The number of carbonyl (C=O) groups excluding carboxylic acids is 1. The maximum atomic E-state index is 12.3. The third-order valence-electron chi connectivity index (χ3n) is 4.48. The number of rotatable bonds is 7. The van der Waals surface area contributed by atoms with E-state index in [4.69, 9.17) is 16.3 Å². The monoisotopic (exact) mass is 451 g/mol. The van der Waals surface area contributed by atoms with Crippen LogP contribution in [0.3, 0.4) is 0 Å². The zero-order chi connectivity index (χ0) is 21.6. The van der Waals surface area contributed by atoms with Crippen LogP contribution in [0.1, 0.15) is 5.56 Å². The molecule has 0 saturated heterocycles. The molecule has 0 aliphatic heterocycles. The number of nitrogens with one attached hydrogen (secondary N) is 1. The van der Waals surface area contributed by atoms with Gasteiger partial charge in [0.1, 0.15) is 17.1 Å². The van der Waals surface area contributed by atoms with Crippen molar-refractivity contribution in [3.05, 3.63) is 71.6 Å². The maximum Gasteiger partial charge on any atom is 0.230 e. The zero-order valence-electron chi connectivity index (χ0n) is 16.6. The van der Waals surface area contributed by atoms with Crippen LogP contribution in [0.5, 0.6) is 5.75 Å². The fourth-order valence-corrected chi connectivity index (χ4v) is 3.84. The van der Waals surface area contributed by atoms with Crippen molar-refractivity contribution in [2.24, 2.45) is 0 Å². The largest absolute Gasteiger partial charge is 0.497 e. The standard InChI is InChI=1S/C22H18ClN5O2S/c1-30-16-8-6-14(7-9-16)20-25-11-17-21(28-20)26-13-27-22(17)31-12-19(29)24-10-15-4-2-3-5-18(15)23/h2-9,11,13H,10,12H2,1H3,(H,24,29). The number of halogens is 1. The SMILES string of the molecule is COc1ccc(-c2ncc3c(SCC(=O)NCc4ccccc4Cl)ncnc3n2)cc1. The van der Waals surface area contributed by atoms with Crippen LogP contribution >= 0.6 is 23.4 Å². The van der Waals surface area contributed by atoms with Gasteiger partial charge < -0.3 is 10.1 Å². The highest BCUT2D eigenvalue weighted by atomic mass is 35.5. The van der Waals surface area contributed by atoms with Gasteiger partial charge in [-0.15, -0.1) is 0 Å². The van der Waals surface area contributed by atoms with Crippen LogP contribution in [0.15, 0.2) is 66.1 Å². The molecule has 2 aromatic heterocycles. The molecule has 1 N–H and O–H groups in total. The van der Waals surface area contributed by atoms with Gasteiger partial charge in [-0.05, 0) is 35.9 Å². The minimum Gasteiger partial charge on any atom is -0.497 e. The number of carbonyl (C=O) groups is 1. The molecule has 156 valence electrons. The average Bonchev–Trinajstić information content (AvgIpc) is 2.82. The van der Waals surface area contributed by atoms with Gasteiger partial charge >= 0.3 is 0 Å². The number of nitrogens with zero attached hydrogens (tertiary/aromatic N) is 4. The molecular formula is C22H18ClN5O2S. The molecule has 4 aromatic rings. The number of ether oxygens (including phenoxy) is 1. The topological polar surface area (TPSA) is 89.9 Å². The summed E-state index contributed by atoms with van der Waals surface area (Å²) in [6.07, 6.45) is 3.13. The highest BCUT2D eigenvalue weighted by Crippen LogP contribution is 2.25. The van der Waals surface area contributed by atoms with Crippen molar-refractivity contribution >= 4 is 40.3 Å². The lowest BCUT2D eigenvalue weighted by Gasteiger charge is -2.08. The Bertz CT molecular complexity index is 1220. The summed E-state index contributed by atoms with van der Waals surface area (Å²) in [6, 6.07) is 14.9. The summed E-state index contributed by atoms with van der Waals surface area (Å²) in [4.78, 5) is 29.8. The molecule has 9 heteroatoms. The first-order valence-electron chi connectivity index (χ1n) is 9.39. The second kappa shape index (κ2) is 9.72. The van der Waals surface area contributed by atoms with Gasteiger partial charge in [-0.25, -0.2) is 19.9 Å². The van der Waals surface area contributed by atoms with Gasteiger partial charge in [-0.2, -0.15) is 0 Å². The van der Waals surface area contributed by atoms with Crippen LogP contribution in [0.25, 0.3) is 22.4 Å². The second-order valence-electron chi connectivity index (χ2n) is 6.50. The molecule has 0 atom stereocenters. The Morgan fingerprint density at radius 2 is 1.90 bits per heavy atom. The lowest BCUT2D eigenvalue weighted by Crippen LogP contribution is -2.24. The van der Waals surface area contributed by atoms with Gasteiger partial charge in [0.25, 0.3) is 0 Å². The average molecular weight is 452 g/mol. The Labute approximate surface area is 188 Å². The molecule has 0 spiro atoms. The summed E-state index contributed by atoms with van der Waals surface area (Å²) in [5, 5.41) is 4.85. The van der Waals surface area contributed by atoms with Crippen molar-refractivity contribution < 1.29 is 9.53 Å². The molecular weight excluding hydrogens is 434 g/mol. The first-order chi connectivity index (χ1) is 15.1. The summed E-state index contributed by atoms with van der Waals surface area (Å²) in [5.41, 5.74) is 2.25. The molecule has 7 nitrogen and oxygen atoms in total. The number of hydrogen-bond acceptors (Lipinski definition) is 7. The van der Waals surface area contributed by atoms with E-state index in [1.165, 1.54) is 18.1 Å². The third kappa shape index (κ3) is 5.10. The Hall–Kier alpha value is -3.23. The second-order valence-corrected chi connectivity index (χ2v) is 7.87. The van der Waals surface area contributed by atoms with Crippen LogP contribution in [0, 0.1) is 0 Å². The summed E-state index contributed by atoms with van der Waals surface area (Å²) in [7, 11) is 1.62. The van der Waals surface area contributed by atoms with Crippen molar-refractivity contribution in [2.45, 2.75) is 11.6 Å². The molecule has 1 amide bonds. The van der Waals surface area contributed by atoms with Gasteiger partial charge in [-0.1, -0.05) is 41.6 Å². The van der Waals surface area contributed by atoms with E-state index < -0.39 is 0 Å². The van der Waals surface area contributed by atoms with Crippen LogP contribution < -0.4 is 10.1 Å². The Morgan fingerprint density at radius 1 is 1.10 bits per heavy atom. The quantitative estimate of drug-likeness (QED) is 0.333. The molecule has 0 radical (unpaired) electrons. The van der Waals surface area contributed by atoms with E-state index in [1.807, 2.05) is 42.5 Å². The number of amides is 1. The lowest BCUT2D eigenvalue weighted by molar-refractivity contribution is -0.118. The van der Waals surface area contributed by atoms with Gasteiger partial charge in [0.05, 0.1) is 18.2 Å². The number of thioether (sulfide) groups is 1. The molecule has 0 unspecified atom stereocenters. The number of fused-ring (bicyclic) bond motifs is 1. The normalized spacial score (nSPS) is 10.8. The van der Waals surface area contributed by atoms with Gasteiger partial charge in [0, 0.05) is 23.3 Å². The fourth-order valence-electron chi connectivity index (χ4n) is 2.84. The van der Waals surface area contributed by atoms with Crippen LogP contribution in [0.2, 0.25) is 5.02 Å². The number of methoxy groups -OCH3 is 1. The summed E-state index contributed by atoms with van der Waals surface area (Å²) < 4.78 is 5.18. The van der Waals surface area contributed by atoms with Crippen LogP contribution in [-0.4, -0.2) is 38.7 Å². The van der Waals surface area contributed by atoms with E-state index in [1.54, 1.807) is 19.4 Å². The van der Waals surface area contributed by atoms with Gasteiger partial charge in [-0.3, -0.25) is 4.79 Å². The van der Waals surface area contributed by atoms with Gasteiger partial charge in [0.2, 0.25) is 5.91 Å². The van der Waals surface area contributed by atoms with Crippen molar-refractivity contribution in [1.29, 1.82) is 0 Å². The molecule has 31 heavy (non-hydrogen) atoms. The molecule has 2 aromatic carbocycles. The Kier molecular flexibility index (Phi) is 6.59. The van der Waals surface area contributed by atoms with Crippen LogP contribution in [0.4, 0.5) is 0 Å². The molecule has 0 aliphatic rings. The molecule has 0 bridgehead atoms. The lowest BCUT2D eigenvalue weighted by atomic mass is 10.2. The molecule has 2 heterocycles. The minimum atomic E-state index is -0.118. The van der Waals surface area contributed by atoms with Crippen LogP contribution in [-0.2, 0) is 11.3 Å². The predicted molar refractivity (Wildman–Crippen MR) is 121 cm³/mol. The van der Waals surface area contributed by atoms with Crippen molar-refractivity contribution in [3.8, 4) is 17.1 Å².